The van der Waals surface area contributed by atoms with E-state index in [1.54, 1.807) is 25.1 Å². The second-order valence-corrected chi connectivity index (χ2v) is 6.82. The highest BCUT2D eigenvalue weighted by Gasteiger charge is 2.15. The fourth-order valence-corrected chi connectivity index (χ4v) is 2.71. The molecule has 0 fully saturated rings. The molecule has 2 N–H and O–H groups in total. The molecule has 27 heavy (non-hydrogen) atoms. The van der Waals surface area contributed by atoms with Crippen molar-refractivity contribution in [2.45, 2.75) is 46.3 Å². The normalized spacial score (nSPS) is 11.6. The lowest BCUT2D eigenvalue weighted by Gasteiger charge is -2.16. The molecule has 144 valence electrons. The Kier molecular flexibility index (Phi) is 7.67. The number of carbonyl (C=O) groups excluding carboxylic acids is 2. The van der Waals surface area contributed by atoms with Crippen LogP contribution in [-0.4, -0.2) is 17.9 Å². The Hall–Kier alpha value is -2.53. The Morgan fingerprint density at radius 1 is 1.15 bits per heavy atom. The van der Waals surface area contributed by atoms with E-state index in [2.05, 4.69) is 10.6 Å². The summed E-state index contributed by atoms with van der Waals surface area (Å²) in [5.41, 5.74) is 2.56. The maximum Gasteiger partial charge on any atom is 0.261 e. The van der Waals surface area contributed by atoms with Gasteiger partial charge in [0.1, 0.15) is 5.75 Å². The highest BCUT2D eigenvalue weighted by atomic mass is 35.5. The van der Waals surface area contributed by atoms with Crippen LogP contribution in [0.5, 0.6) is 5.75 Å². The monoisotopic (exact) mass is 388 g/mol. The molecule has 2 amide bonds. The van der Waals surface area contributed by atoms with Gasteiger partial charge in [-0.05, 0) is 61.7 Å². The lowest BCUT2D eigenvalue weighted by Crippen LogP contribution is -2.36. The minimum absolute atomic E-state index is 0.00187. The van der Waals surface area contributed by atoms with Gasteiger partial charge < -0.3 is 15.4 Å². The average molecular weight is 389 g/mol. The lowest BCUT2D eigenvalue weighted by molar-refractivity contribution is -0.127. The molecule has 6 heteroatoms. The number of ether oxygens (including phenoxy) is 1. The summed E-state index contributed by atoms with van der Waals surface area (Å²) >= 11 is 5.93. The van der Waals surface area contributed by atoms with Crippen molar-refractivity contribution in [3.8, 4) is 5.75 Å². The molecule has 0 aliphatic heterocycles. The number of rotatable bonds is 8. The van der Waals surface area contributed by atoms with Crippen LogP contribution in [-0.2, 0) is 16.1 Å². The Labute approximate surface area is 165 Å². The first-order valence-corrected chi connectivity index (χ1v) is 9.36. The predicted octanol–water partition coefficient (Wildman–Crippen LogP) is 4.47. The fraction of sp³-hybridized carbons (Fsp3) is 0.333. The molecule has 0 heterocycles. The second-order valence-electron chi connectivity index (χ2n) is 6.38. The molecule has 1 atom stereocenters. The van der Waals surface area contributed by atoms with Gasteiger partial charge in [0.15, 0.2) is 6.10 Å². The van der Waals surface area contributed by atoms with Gasteiger partial charge in [0.05, 0.1) is 0 Å². The summed E-state index contributed by atoms with van der Waals surface area (Å²) in [5.74, 6) is 0.431. The number of carbonyl (C=O) groups is 2. The average Bonchev–Trinajstić information content (AvgIpc) is 2.63. The molecule has 0 bridgehead atoms. The molecule has 0 aromatic heterocycles. The number of amides is 2. The molecule has 2 aromatic carbocycles. The van der Waals surface area contributed by atoms with Crippen LogP contribution >= 0.6 is 11.6 Å². The van der Waals surface area contributed by atoms with Gasteiger partial charge in [0, 0.05) is 23.7 Å². The number of benzene rings is 2. The summed E-state index contributed by atoms with van der Waals surface area (Å²) in [6.07, 6.45) is 0.687. The standard InChI is InChI=1S/C21H25ClN2O3/c1-4-5-20(25)24-18-9-6-16(7-10-18)13-23-21(26)15(3)27-19-11-8-17(22)12-14(19)2/h6-12,15H,4-5,13H2,1-3H3,(H,23,26)(H,24,25). The van der Waals surface area contributed by atoms with Crippen LogP contribution in [0.15, 0.2) is 42.5 Å². The van der Waals surface area contributed by atoms with E-state index in [-0.39, 0.29) is 11.8 Å². The summed E-state index contributed by atoms with van der Waals surface area (Å²) in [6.45, 7) is 5.93. The van der Waals surface area contributed by atoms with Crippen molar-refractivity contribution < 1.29 is 14.3 Å². The van der Waals surface area contributed by atoms with E-state index in [1.165, 1.54) is 0 Å². The molecule has 0 spiro atoms. The highest BCUT2D eigenvalue weighted by molar-refractivity contribution is 6.30. The van der Waals surface area contributed by atoms with Crippen LogP contribution in [0.25, 0.3) is 0 Å². The van der Waals surface area contributed by atoms with Gasteiger partial charge >= 0.3 is 0 Å². The molecule has 1 unspecified atom stereocenters. The molecular weight excluding hydrogens is 364 g/mol. The largest absolute Gasteiger partial charge is 0.481 e. The number of nitrogens with one attached hydrogen (secondary N) is 2. The highest BCUT2D eigenvalue weighted by Crippen LogP contribution is 2.22. The van der Waals surface area contributed by atoms with Crippen LogP contribution in [0.1, 0.15) is 37.8 Å². The van der Waals surface area contributed by atoms with E-state index < -0.39 is 6.10 Å². The summed E-state index contributed by atoms with van der Waals surface area (Å²) in [5, 5.41) is 6.32. The van der Waals surface area contributed by atoms with Crippen LogP contribution in [0.3, 0.4) is 0 Å². The van der Waals surface area contributed by atoms with Crippen molar-refractivity contribution in [2.75, 3.05) is 5.32 Å². The van der Waals surface area contributed by atoms with E-state index in [0.717, 1.165) is 23.2 Å². The van der Waals surface area contributed by atoms with Crippen molar-refractivity contribution in [1.82, 2.24) is 5.32 Å². The van der Waals surface area contributed by atoms with Gasteiger partial charge in [-0.2, -0.15) is 0 Å². The quantitative estimate of drug-likeness (QED) is 0.701. The third-order valence-electron chi connectivity index (χ3n) is 3.99. The van der Waals surface area contributed by atoms with Crippen LogP contribution in [0, 0.1) is 6.92 Å². The Morgan fingerprint density at radius 2 is 1.85 bits per heavy atom. The Balaban J connectivity index is 1.84. The van der Waals surface area contributed by atoms with E-state index >= 15 is 0 Å². The molecule has 0 saturated carbocycles. The zero-order valence-corrected chi connectivity index (χ0v) is 16.6. The number of anilines is 1. The van der Waals surface area contributed by atoms with Gasteiger partial charge in [0.2, 0.25) is 5.91 Å². The molecule has 0 aliphatic rings. The van der Waals surface area contributed by atoms with Crippen molar-refractivity contribution in [3.63, 3.8) is 0 Å². The predicted molar refractivity (Wildman–Crippen MR) is 108 cm³/mol. The molecule has 0 aliphatic carbocycles. The maximum atomic E-state index is 12.3. The number of hydrogen-bond donors (Lipinski definition) is 2. The number of halogens is 1. The van der Waals surface area contributed by atoms with Crippen LogP contribution < -0.4 is 15.4 Å². The van der Waals surface area contributed by atoms with E-state index in [4.69, 9.17) is 16.3 Å². The van der Waals surface area contributed by atoms with E-state index in [1.807, 2.05) is 38.1 Å². The smallest absolute Gasteiger partial charge is 0.261 e. The van der Waals surface area contributed by atoms with E-state index in [9.17, 15) is 9.59 Å². The molecular formula is C21H25ClN2O3. The third-order valence-corrected chi connectivity index (χ3v) is 4.23. The third kappa shape index (κ3) is 6.61. The zero-order valence-electron chi connectivity index (χ0n) is 15.8. The minimum Gasteiger partial charge on any atom is -0.481 e. The first-order valence-electron chi connectivity index (χ1n) is 8.98. The number of aryl methyl sites for hydroxylation is 1. The van der Waals surface area contributed by atoms with Crippen LogP contribution in [0.4, 0.5) is 5.69 Å². The Morgan fingerprint density at radius 3 is 2.48 bits per heavy atom. The fourth-order valence-electron chi connectivity index (χ4n) is 2.48. The van der Waals surface area contributed by atoms with Gasteiger partial charge in [-0.1, -0.05) is 30.7 Å². The first kappa shape index (κ1) is 20.8. The molecule has 2 rings (SSSR count). The van der Waals surface area contributed by atoms with E-state index in [0.29, 0.717) is 23.7 Å². The SMILES string of the molecule is CCCC(=O)Nc1ccc(CNC(=O)C(C)Oc2ccc(Cl)cc2C)cc1. The molecule has 0 radical (unpaired) electrons. The summed E-state index contributed by atoms with van der Waals surface area (Å²) < 4.78 is 5.72. The molecule has 5 nitrogen and oxygen atoms in total. The van der Waals surface area contributed by atoms with Gasteiger partial charge in [-0.25, -0.2) is 0 Å². The second kappa shape index (κ2) is 9.97. The van der Waals surface area contributed by atoms with Crippen molar-refractivity contribution in [2.24, 2.45) is 0 Å². The van der Waals surface area contributed by atoms with Gasteiger partial charge in [0.25, 0.3) is 5.91 Å². The topological polar surface area (TPSA) is 67.4 Å². The first-order chi connectivity index (χ1) is 12.9. The van der Waals surface area contributed by atoms with Crippen molar-refractivity contribution in [3.05, 3.63) is 58.6 Å². The minimum atomic E-state index is -0.627. The Bertz CT molecular complexity index is 791. The summed E-state index contributed by atoms with van der Waals surface area (Å²) in [6, 6.07) is 12.7. The number of hydrogen-bond acceptors (Lipinski definition) is 3. The maximum absolute atomic E-state index is 12.3. The van der Waals surface area contributed by atoms with Gasteiger partial charge in [-0.15, -0.1) is 0 Å². The summed E-state index contributed by atoms with van der Waals surface area (Å²) in [7, 11) is 0. The van der Waals surface area contributed by atoms with Gasteiger partial charge in [-0.3, -0.25) is 9.59 Å². The van der Waals surface area contributed by atoms with Crippen molar-refractivity contribution in [1.29, 1.82) is 0 Å². The van der Waals surface area contributed by atoms with Crippen LogP contribution in [0.2, 0.25) is 5.02 Å². The summed E-state index contributed by atoms with van der Waals surface area (Å²) in [4.78, 5) is 23.9. The molecule has 2 aromatic rings. The molecule has 0 saturated heterocycles. The van der Waals surface area contributed by atoms with Crippen molar-refractivity contribution >= 4 is 29.1 Å². The zero-order chi connectivity index (χ0) is 19.8. The lowest BCUT2D eigenvalue weighted by atomic mass is 10.2.